The molecule has 1 aromatic rings. The SMILES string of the molecule is CCNS(=O)(=O)c1ccc(S)c(Cl)c1Cl. The number of halogens is 2. The fourth-order valence-electron chi connectivity index (χ4n) is 0.997. The second-order valence-electron chi connectivity index (χ2n) is 2.71. The Morgan fingerprint density at radius 2 is 1.93 bits per heavy atom. The van der Waals surface area contributed by atoms with Crippen molar-refractivity contribution in [2.45, 2.75) is 16.7 Å². The number of hydrogen-bond donors (Lipinski definition) is 2. The summed E-state index contributed by atoms with van der Waals surface area (Å²) in [4.78, 5) is 0.408. The number of benzene rings is 1. The van der Waals surface area contributed by atoms with E-state index in [-0.39, 0.29) is 14.9 Å². The molecule has 0 aromatic heterocycles. The maximum Gasteiger partial charge on any atom is 0.242 e. The Morgan fingerprint density at radius 3 is 2.47 bits per heavy atom. The first-order valence-electron chi connectivity index (χ1n) is 4.06. The van der Waals surface area contributed by atoms with Gasteiger partial charge in [0.05, 0.1) is 10.0 Å². The summed E-state index contributed by atoms with van der Waals surface area (Å²) in [6.45, 7) is 1.97. The third kappa shape index (κ3) is 2.79. The topological polar surface area (TPSA) is 46.2 Å². The van der Waals surface area contributed by atoms with Crippen LogP contribution in [0.2, 0.25) is 10.0 Å². The molecule has 0 heterocycles. The molecule has 0 unspecified atom stereocenters. The van der Waals surface area contributed by atoms with Crippen LogP contribution in [0.1, 0.15) is 6.92 Å². The molecule has 0 atom stereocenters. The Balaban J connectivity index is 3.34. The van der Waals surface area contributed by atoms with Crippen LogP contribution in [0, 0.1) is 0 Å². The first-order chi connectivity index (χ1) is 6.90. The molecule has 0 radical (unpaired) electrons. The lowest BCUT2D eigenvalue weighted by molar-refractivity contribution is 0.584. The molecule has 1 aromatic carbocycles. The van der Waals surface area contributed by atoms with Crippen LogP contribution in [0.3, 0.4) is 0 Å². The molecule has 0 saturated carbocycles. The van der Waals surface area contributed by atoms with E-state index in [0.717, 1.165) is 0 Å². The van der Waals surface area contributed by atoms with Crippen molar-refractivity contribution in [1.82, 2.24) is 4.72 Å². The van der Waals surface area contributed by atoms with E-state index in [1.54, 1.807) is 6.92 Å². The Hall–Kier alpha value is 0.0600. The van der Waals surface area contributed by atoms with Gasteiger partial charge in [0.15, 0.2) is 0 Å². The van der Waals surface area contributed by atoms with Gasteiger partial charge in [-0.3, -0.25) is 0 Å². The molecule has 0 aliphatic heterocycles. The van der Waals surface area contributed by atoms with Crippen LogP contribution in [0.15, 0.2) is 21.9 Å². The summed E-state index contributed by atoms with van der Waals surface area (Å²) >= 11 is 15.6. The van der Waals surface area contributed by atoms with Gasteiger partial charge in [0.1, 0.15) is 4.90 Å². The smallest absolute Gasteiger partial charge is 0.211 e. The number of sulfonamides is 1. The third-order valence-electron chi connectivity index (χ3n) is 1.65. The fourth-order valence-corrected chi connectivity index (χ4v) is 3.06. The molecule has 1 N–H and O–H groups in total. The minimum absolute atomic E-state index is 0.00915. The molecular formula is C8H9Cl2NO2S2. The Bertz CT molecular complexity index is 474. The van der Waals surface area contributed by atoms with E-state index in [9.17, 15) is 8.42 Å². The highest BCUT2D eigenvalue weighted by Gasteiger charge is 2.19. The third-order valence-corrected chi connectivity index (χ3v) is 4.74. The lowest BCUT2D eigenvalue weighted by atomic mass is 10.3. The van der Waals surface area contributed by atoms with E-state index in [1.807, 2.05) is 0 Å². The molecule has 0 aliphatic carbocycles. The Morgan fingerprint density at radius 1 is 1.33 bits per heavy atom. The summed E-state index contributed by atoms with van der Waals surface area (Å²) in [7, 11) is -3.58. The molecule has 3 nitrogen and oxygen atoms in total. The lowest BCUT2D eigenvalue weighted by Crippen LogP contribution is -2.23. The summed E-state index contributed by atoms with van der Waals surface area (Å²) in [5.41, 5.74) is 0. The fraction of sp³-hybridized carbons (Fsp3) is 0.250. The Kier molecular flexibility index (Phi) is 4.31. The second kappa shape index (κ2) is 4.93. The van der Waals surface area contributed by atoms with Crippen LogP contribution in [-0.2, 0) is 10.0 Å². The van der Waals surface area contributed by atoms with Crippen molar-refractivity contribution in [3.63, 3.8) is 0 Å². The molecule has 0 fully saturated rings. The Labute approximate surface area is 104 Å². The molecule has 84 valence electrons. The first-order valence-corrected chi connectivity index (χ1v) is 6.75. The van der Waals surface area contributed by atoms with E-state index < -0.39 is 10.0 Å². The van der Waals surface area contributed by atoms with E-state index in [1.165, 1.54) is 12.1 Å². The average Bonchev–Trinajstić information content (AvgIpc) is 2.13. The normalized spacial score (nSPS) is 11.7. The van der Waals surface area contributed by atoms with Gasteiger partial charge in [-0.05, 0) is 12.1 Å². The minimum Gasteiger partial charge on any atom is -0.211 e. The summed E-state index contributed by atoms with van der Waals surface area (Å²) in [5.74, 6) is 0. The minimum atomic E-state index is -3.58. The van der Waals surface area contributed by atoms with Crippen molar-refractivity contribution < 1.29 is 8.42 Å². The van der Waals surface area contributed by atoms with E-state index in [4.69, 9.17) is 23.2 Å². The molecule has 0 aliphatic rings. The molecule has 1 rings (SSSR count). The molecule has 0 bridgehead atoms. The van der Waals surface area contributed by atoms with Gasteiger partial charge >= 0.3 is 0 Å². The predicted octanol–water partition coefficient (Wildman–Crippen LogP) is 2.58. The van der Waals surface area contributed by atoms with Gasteiger partial charge in [-0.15, -0.1) is 12.6 Å². The number of hydrogen-bond acceptors (Lipinski definition) is 3. The van der Waals surface area contributed by atoms with Crippen LogP contribution in [0.25, 0.3) is 0 Å². The summed E-state index contributed by atoms with van der Waals surface area (Å²) in [6.07, 6.45) is 0. The van der Waals surface area contributed by atoms with Crippen LogP contribution >= 0.6 is 35.8 Å². The van der Waals surface area contributed by atoms with Crippen molar-refractivity contribution in [2.75, 3.05) is 6.54 Å². The zero-order valence-electron chi connectivity index (χ0n) is 7.79. The molecule has 0 saturated heterocycles. The lowest BCUT2D eigenvalue weighted by Gasteiger charge is -2.08. The quantitative estimate of drug-likeness (QED) is 0.839. The summed E-state index contributed by atoms with van der Waals surface area (Å²) in [5, 5.41) is 0.129. The first kappa shape index (κ1) is 13.1. The zero-order valence-corrected chi connectivity index (χ0v) is 11.0. The van der Waals surface area contributed by atoms with Gasteiger partial charge in [-0.25, -0.2) is 13.1 Å². The molecular weight excluding hydrogens is 277 g/mol. The standard InChI is InChI=1S/C8H9Cl2NO2S2/c1-2-11-15(12,13)6-4-3-5(14)7(9)8(6)10/h3-4,11,14H,2H2,1H3. The molecule has 0 spiro atoms. The molecule has 15 heavy (non-hydrogen) atoms. The monoisotopic (exact) mass is 285 g/mol. The number of rotatable bonds is 3. The maximum absolute atomic E-state index is 11.6. The zero-order chi connectivity index (χ0) is 11.6. The second-order valence-corrected chi connectivity index (χ2v) is 5.69. The van der Waals surface area contributed by atoms with Crippen molar-refractivity contribution in [2.24, 2.45) is 0 Å². The van der Waals surface area contributed by atoms with Crippen molar-refractivity contribution in [1.29, 1.82) is 0 Å². The van der Waals surface area contributed by atoms with Gasteiger partial charge in [0, 0.05) is 11.4 Å². The van der Waals surface area contributed by atoms with E-state index in [2.05, 4.69) is 17.4 Å². The van der Waals surface area contributed by atoms with Gasteiger partial charge < -0.3 is 0 Å². The van der Waals surface area contributed by atoms with Crippen LogP contribution in [-0.4, -0.2) is 15.0 Å². The summed E-state index contributed by atoms with van der Waals surface area (Å²) < 4.78 is 25.6. The van der Waals surface area contributed by atoms with Crippen LogP contribution in [0.5, 0.6) is 0 Å². The van der Waals surface area contributed by atoms with Gasteiger partial charge in [0.2, 0.25) is 10.0 Å². The molecule has 7 heteroatoms. The van der Waals surface area contributed by atoms with Crippen LogP contribution in [0.4, 0.5) is 0 Å². The number of thiol groups is 1. The maximum atomic E-state index is 11.6. The van der Waals surface area contributed by atoms with Crippen molar-refractivity contribution in [3.8, 4) is 0 Å². The largest absolute Gasteiger partial charge is 0.242 e. The number of nitrogens with one attached hydrogen (secondary N) is 1. The predicted molar refractivity (Wildman–Crippen MR) is 64.6 cm³/mol. The van der Waals surface area contributed by atoms with Gasteiger partial charge in [0.25, 0.3) is 0 Å². The van der Waals surface area contributed by atoms with E-state index in [0.29, 0.717) is 11.4 Å². The highest BCUT2D eigenvalue weighted by molar-refractivity contribution is 7.89. The van der Waals surface area contributed by atoms with Crippen LogP contribution < -0.4 is 4.72 Å². The average molecular weight is 286 g/mol. The summed E-state index contributed by atoms with van der Waals surface area (Å²) in [6, 6.07) is 2.86. The molecule has 0 amide bonds. The van der Waals surface area contributed by atoms with Crippen molar-refractivity contribution >= 4 is 45.9 Å². The van der Waals surface area contributed by atoms with Gasteiger partial charge in [-0.1, -0.05) is 30.1 Å². The van der Waals surface area contributed by atoms with Crippen molar-refractivity contribution in [3.05, 3.63) is 22.2 Å². The van der Waals surface area contributed by atoms with Gasteiger partial charge in [-0.2, -0.15) is 0 Å². The highest BCUT2D eigenvalue weighted by Crippen LogP contribution is 2.33. The van der Waals surface area contributed by atoms with E-state index >= 15 is 0 Å². The highest BCUT2D eigenvalue weighted by atomic mass is 35.5.